The summed E-state index contributed by atoms with van der Waals surface area (Å²) in [4.78, 5) is 11.8. The molecule has 0 atom stereocenters. The second-order valence-electron chi connectivity index (χ2n) is 6.18. The van der Waals surface area contributed by atoms with Crippen molar-refractivity contribution >= 4 is 23.2 Å². The molecule has 0 aromatic heterocycles. The van der Waals surface area contributed by atoms with E-state index in [2.05, 4.69) is 5.32 Å². The molecule has 1 amide bonds. The first-order chi connectivity index (χ1) is 12.2. The van der Waals surface area contributed by atoms with Crippen LogP contribution in [-0.4, -0.2) is 19.1 Å². The summed E-state index contributed by atoms with van der Waals surface area (Å²) in [6, 6.07) is 11.1. The topological polar surface area (TPSA) is 56.8 Å². The van der Waals surface area contributed by atoms with E-state index in [0.717, 1.165) is 24.1 Å². The van der Waals surface area contributed by atoms with Gasteiger partial charge in [0.25, 0.3) is 0 Å². The van der Waals surface area contributed by atoms with Gasteiger partial charge in [0.15, 0.2) is 11.5 Å². The molecule has 1 heterocycles. The van der Waals surface area contributed by atoms with Gasteiger partial charge in [-0.2, -0.15) is 0 Å². The number of rotatable bonds is 5. The number of anilines is 1. The van der Waals surface area contributed by atoms with Crippen LogP contribution in [0.2, 0.25) is 5.02 Å². The number of halogens is 1. The Balaban J connectivity index is 1.42. The van der Waals surface area contributed by atoms with E-state index in [1.807, 2.05) is 36.4 Å². The van der Waals surface area contributed by atoms with Crippen molar-refractivity contribution in [1.82, 2.24) is 0 Å². The van der Waals surface area contributed by atoms with Gasteiger partial charge in [0.1, 0.15) is 25.6 Å². The summed E-state index contributed by atoms with van der Waals surface area (Å²) in [5.74, 6) is 2.16. The Kier molecular flexibility index (Phi) is 4.40. The lowest BCUT2D eigenvalue weighted by Crippen LogP contribution is -2.16. The maximum absolute atomic E-state index is 11.8. The fourth-order valence-electron chi connectivity index (χ4n) is 2.67. The summed E-state index contributed by atoms with van der Waals surface area (Å²) in [7, 11) is 0. The Hall–Kier alpha value is -2.40. The molecule has 6 heteroatoms. The van der Waals surface area contributed by atoms with E-state index in [-0.39, 0.29) is 11.8 Å². The molecule has 4 rings (SSSR count). The van der Waals surface area contributed by atoms with Crippen LogP contribution in [0.4, 0.5) is 5.69 Å². The summed E-state index contributed by atoms with van der Waals surface area (Å²) in [6.07, 6.45) is 1.96. The van der Waals surface area contributed by atoms with E-state index in [1.54, 1.807) is 0 Å². The van der Waals surface area contributed by atoms with Crippen LogP contribution in [0.3, 0.4) is 0 Å². The molecular weight excluding hydrogens is 342 g/mol. The van der Waals surface area contributed by atoms with Gasteiger partial charge in [-0.05, 0) is 42.7 Å². The predicted octanol–water partition coefficient (Wildman–Crippen LogP) is 4.04. The predicted molar refractivity (Wildman–Crippen MR) is 94.6 cm³/mol. The molecular formula is C19H18ClNO4. The Morgan fingerprint density at radius 2 is 2.04 bits per heavy atom. The van der Waals surface area contributed by atoms with Crippen molar-refractivity contribution < 1.29 is 19.0 Å². The van der Waals surface area contributed by atoms with Crippen LogP contribution in [0.15, 0.2) is 36.4 Å². The van der Waals surface area contributed by atoms with Crippen molar-refractivity contribution in [1.29, 1.82) is 0 Å². The number of hydrogen-bond acceptors (Lipinski definition) is 4. The molecule has 1 saturated carbocycles. The van der Waals surface area contributed by atoms with Crippen molar-refractivity contribution in [3.63, 3.8) is 0 Å². The molecule has 1 aliphatic heterocycles. The number of carbonyl (C=O) groups is 1. The third-order valence-electron chi connectivity index (χ3n) is 4.11. The van der Waals surface area contributed by atoms with Crippen molar-refractivity contribution in [2.45, 2.75) is 19.4 Å². The van der Waals surface area contributed by atoms with Gasteiger partial charge in [0.2, 0.25) is 5.91 Å². The summed E-state index contributed by atoms with van der Waals surface area (Å²) < 4.78 is 16.9. The number of carbonyl (C=O) groups excluding carboxylic acids is 1. The van der Waals surface area contributed by atoms with Gasteiger partial charge < -0.3 is 19.5 Å². The standard InChI is InChI=1S/C19H18ClNO4/c20-16-8-12(9-17-18(16)24-7-6-23-17)11-25-15-3-1-2-14(10-15)21-19(22)13-4-5-13/h1-3,8-10,13H,4-7,11H2,(H,21,22). The Labute approximate surface area is 150 Å². The Morgan fingerprint density at radius 3 is 2.88 bits per heavy atom. The summed E-state index contributed by atoms with van der Waals surface area (Å²) in [5.41, 5.74) is 1.64. The van der Waals surface area contributed by atoms with Gasteiger partial charge >= 0.3 is 0 Å². The molecule has 25 heavy (non-hydrogen) atoms. The van der Waals surface area contributed by atoms with Gasteiger partial charge in [-0.25, -0.2) is 0 Å². The van der Waals surface area contributed by atoms with Gasteiger partial charge in [0, 0.05) is 17.7 Å². The zero-order chi connectivity index (χ0) is 17.2. The van der Waals surface area contributed by atoms with E-state index < -0.39 is 0 Å². The molecule has 2 aliphatic rings. The van der Waals surface area contributed by atoms with Crippen molar-refractivity contribution in [2.24, 2.45) is 5.92 Å². The lowest BCUT2D eigenvalue weighted by molar-refractivity contribution is -0.117. The van der Waals surface area contributed by atoms with Crippen LogP contribution in [0.25, 0.3) is 0 Å². The van der Waals surface area contributed by atoms with Crippen molar-refractivity contribution in [2.75, 3.05) is 18.5 Å². The minimum Gasteiger partial charge on any atom is -0.489 e. The van der Waals surface area contributed by atoms with Crippen molar-refractivity contribution in [3.05, 3.63) is 47.0 Å². The van der Waals surface area contributed by atoms with Crippen LogP contribution in [0.1, 0.15) is 18.4 Å². The van der Waals surface area contributed by atoms with Crippen LogP contribution >= 0.6 is 11.6 Å². The Bertz CT molecular complexity index is 804. The molecule has 130 valence electrons. The molecule has 2 aromatic rings. The molecule has 0 bridgehead atoms. The highest BCUT2D eigenvalue weighted by Crippen LogP contribution is 2.38. The highest BCUT2D eigenvalue weighted by molar-refractivity contribution is 6.32. The first-order valence-electron chi connectivity index (χ1n) is 8.31. The fourth-order valence-corrected chi connectivity index (χ4v) is 2.96. The molecule has 1 aliphatic carbocycles. The van der Waals surface area contributed by atoms with Crippen LogP contribution in [-0.2, 0) is 11.4 Å². The minimum absolute atomic E-state index is 0.0794. The van der Waals surface area contributed by atoms with Crippen molar-refractivity contribution in [3.8, 4) is 17.2 Å². The number of fused-ring (bicyclic) bond motifs is 1. The molecule has 1 N–H and O–H groups in total. The largest absolute Gasteiger partial charge is 0.489 e. The minimum atomic E-state index is 0.0794. The van der Waals surface area contributed by atoms with Gasteiger partial charge in [-0.1, -0.05) is 17.7 Å². The van der Waals surface area contributed by atoms with E-state index in [0.29, 0.717) is 42.1 Å². The summed E-state index contributed by atoms with van der Waals surface area (Å²) >= 11 is 6.24. The number of amides is 1. The van der Waals surface area contributed by atoms with E-state index in [9.17, 15) is 4.79 Å². The molecule has 2 aromatic carbocycles. The SMILES string of the molecule is O=C(Nc1cccc(OCc2cc(Cl)c3c(c2)OCCO3)c1)C1CC1. The van der Waals surface area contributed by atoms with Crippen LogP contribution < -0.4 is 19.5 Å². The normalized spacial score (nSPS) is 15.6. The average molecular weight is 360 g/mol. The molecule has 0 saturated heterocycles. The second-order valence-corrected chi connectivity index (χ2v) is 6.59. The Morgan fingerprint density at radius 1 is 1.20 bits per heavy atom. The molecule has 0 radical (unpaired) electrons. The third-order valence-corrected chi connectivity index (χ3v) is 4.39. The zero-order valence-corrected chi connectivity index (χ0v) is 14.3. The lowest BCUT2D eigenvalue weighted by Gasteiger charge is -2.20. The molecule has 1 fully saturated rings. The van der Waals surface area contributed by atoms with E-state index in [4.69, 9.17) is 25.8 Å². The van der Waals surface area contributed by atoms with Crippen LogP contribution in [0, 0.1) is 5.92 Å². The molecule has 5 nitrogen and oxygen atoms in total. The monoisotopic (exact) mass is 359 g/mol. The zero-order valence-electron chi connectivity index (χ0n) is 13.6. The number of nitrogens with one attached hydrogen (secondary N) is 1. The van der Waals surface area contributed by atoms with Gasteiger partial charge in [0.05, 0.1) is 5.02 Å². The first-order valence-corrected chi connectivity index (χ1v) is 8.68. The number of ether oxygens (including phenoxy) is 3. The molecule has 0 unspecified atom stereocenters. The fraction of sp³-hybridized carbons (Fsp3) is 0.316. The van der Waals surface area contributed by atoms with Gasteiger partial charge in [-0.15, -0.1) is 0 Å². The highest BCUT2D eigenvalue weighted by atomic mass is 35.5. The van der Waals surface area contributed by atoms with Crippen LogP contribution in [0.5, 0.6) is 17.2 Å². The van der Waals surface area contributed by atoms with E-state index >= 15 is 0 Å². The third kappa shape index (κ3) is 3.82. The maximum Gasteiger partial charge on any atom is 0.227 e. The lowest BCUT2D eigenvalue weighted by atomic mass is 10.2. The highest BCUT2D eigenvalue weighted by Gasteiger charge is 2.29. The number of hydrogen-bond donors (Lipinski definition) is 1. The van der Waals surface area contributed by atoms with Gasteiger partial charge in [-0.3, -0.25) is 4.79 Å². The first kappa shape index (κ1) is 16.1. The molecule has 0 spiro atoms. The summed E-state index contributed by atoms with van der Waals surface area (Å²) in [5, 5.41) is 3.43. The smallest absolute Gasteiger partial charge is 0.227 e. The second kappa shape index (κ2) is 6.84. The summed E-state index contributed by atoms with van der Waals surface area (Å²) in [6.45, 7) is 1.36. The number of benzene rings is 2. The van der Waals surface area contributed by atoms with E-state index in [1.165, 1.54) is 0 Å². The quantitative estimate of drug-likeness (QED) is 0.875. The average Bonchev–Trinajstić information content (AvgIpc) is 3.46. The maximum atomic E-state index is 11.8.